The average molecular weight is 582 g/mol. The van der Waals surface area contributed by atoms with E-state index in [1.54, 1.807) is 19.2 Å². The fourth-order valence-electron chi connectivity index (χ4n) is 5.43. The summed E-state index contributed by atoms with van der Waals surface area (Å²) in [6, 6.07) is 25.4. The smallest absolute Gasteiger partial charge is 0.251 e. The number of amides is 1. The molecule has 1 fully saturated rings. The van der Waals surface area contributed by atoms with E-state index < -0.39 is 6.04 Å². The van der Waals surface area contributed by atoms with Crippen LogP contribution in [0.2, 0.25) is 0 Å². The van der Waals surface area contributed by atoms with Gasteiger partial charge in [-0.15, -0.1) is 5.10 Å². The van der Waals surface area contributed by atoms with E-state index in [2.05, 4.69) is 62.4 Å². The Bertz CT molecular complexity index is 1920. The van der Waals surface area contributed by atoms with Crippen LogP contribution < -0.4 is 16.0 Å². The number of hydrogen-bond donors (Lipinski definition) is 3. The third-order valence-corrected chi connectivity index (χ3v) is 7.91. The maximum atomic E-state index is 12.5. The maximum absolute atomic E-state index is 12.5. The van der Waals surface area contributed by atoms with Crippen molar-refractivity contribution in [1.29, 1.82) is 10.5 Å². The number of carbonyl (C=O) groups is 1. The van der Waals surface area contributed by atoms with E-state index in [1.165, 1.54) is 6.20 Å². The Morgan fingerprint density at radius 2 is 1.77 bits per heavy atom. The molecular weight excluding hydrogens is 550 g/mol. The topological polar surface area (TPSA) is 144 Å². The lowest BCUT2D eigenvalue weighted by Crippen LogP contribution is -2.19. The number of nitrogens with zero attached hydrogens (tertiary/aromatic N) is 6. The SMILES string of the molecule is CCC(Nc1c(C#N)cnc2c(C#N)cc(NC(c3cccc(C(=O)NC)c3)c3cn(C4CC4)nn3)cc12)c1ccccc1. The Morgan fingerprint density at radius 1 is 1.00 bits per heavy atom. The fraction of sp³-hybridized carbons (Fsp3) is 0.235. The number of nitriles is 2. The molecule has 44 heavy (non-hydrogen) atoms. The van der Waals surface area contributed by atoms with Gasteiger partial charge in [0.2, 0.25) is 0 Å². The van der Waals surface area contributed by atoms with Crippen LogP contribution in [0.5, 0.6) is 0 Å². The third-order valence-electron chi connectivity index (χ3n) is 7.91. The van der Waals surface area contributed by atoms with E-state index in [0.717, 1.165) is 30.4 Å². The molecule has 0 saturated heterocycles. The summed E-state index contributed by atoms with van der Waals surface area (Å²) in [5, 5.41) is 39.6. The molecule has 2 atom stereocenters. The minimum absolute atomic E-state index is 0.0614. The van der Waals surface area contributed by atoms with Gasteiger partial charge < -0.3 is 16.0 Å². The number of anilines is 2. The predicted octanol–water partition coefficient (Wildman–Crippen LogP) is 6.03. The first-order valence-electron chi connectivity index (χ1n) is 14.6. The molecule has 3 N–H and O–H groups in total. The number of rotatable bonds is 10. The monoisotopic (exact) mass is 581 g/mol. The molecule has 218 valence electrons. The van der Waals surface area contributed by atoms with Crippen LogP contribution in [-0.4, -0.2) is 32.9 Å². The Balaban J connectivity index is 1.46. The molecule has 3 aromatic carbocycles. The number of hydrogen-bond acceptors (Lipinski definition) is 8. The summed E-state index contributed by atoms with van der Waals surface area (Å²) >= 11 is 0. The van der Waals surface area contributed by atoms with E-state index in [1.807, 2.05) is 53.3 Å². The van der Waals surface area contributed by atoms with Gasteiger partial charge in [0.15, 0.2) is 0 Å². The molecule has 0 radical (unpaired) electrons. The molecule has 0 spiro atoms. The van der Waals surface area contributed by atoms with Crippen molar-refractivity contribution < 1.29 is 4.79 Å². The number of benzene rings is 3. The van der Waals surface area contributed by atoms with Crippen molar-refractivity contribution in [1.82, 2.24) is 25.3 Å². The minimum Gasteiger partial charge on any atom is -0.377 e. The summed E-state index contributed by atoms with van der Waals surface area (Å²) in [5.74, 6) is -0.195. The molecular formula is C34H31N9O. The quantitative estimate of drug-likeness (QED) is 0.181. The molecule has 0 aliphatic heterocycles. The molecule has 2 heterocycles. The molecule has 2 unspecified atom stereocenters. The summed E-state index contributed by atoms with van der Waals surface area (Å²) < 4.78 is 1.88. The molecule has 1 saturated carbocycles. The lowest BCUT2D eigenvalue weighted by atomic mass is 9.99. The minimum atomic E-state index is -0.479. The van der Waals surface area contributed by atoms with Crippen LogP contribution >= 0.6 is 0 Å². The average Bonchev–Trinajstić information content (AvgIpc) is 3.81. The van der Waals surface area contributed by atoms with Crippen LogP contribution in [-0.2, 0) is 0 Å². The van der Waals surface area contributed by atoms with Crippen molar-refractivity contribution in [2.45, 2.75) is 44.3 Å². The second kappa shape index (κ2) is 12.2. The standard InChI is InChI=1S/C34H31N9O/c1-3-29(21-8-5-4-6-9-21)40-32-25(18-36)19-38-31-24(17-35)15-26(16-28(31)32)39-33(30-20-43(42-41-30)27-12-13-27)22-10-7-11-23(14-22)34(44)37-2/h4-11,14-16,19-20,27,29,33,39H,3,12-13H2,1-2H3,(H,37,44)(H,38,40). The number of fused-ring (bicyclic) bond motifs is 1. The summed E-state index contributed by atoms with van der Waals surface area (Å²) in [6.45, 7) is 2.08. The lowest BCUT2D eigenvalue weighted by molar-refractivity contribution is 0.0963. The molecule has 0 bridgehead atoms. The Labute approximate surface area is 255 Å². The zero-order valence-electron chi connectivity index (χ0n) is 24.5. The van der Waals surface area contributed by atoms with Gasteiger partial charge in [0.05, 0.1) is 46.7 Å². The van der Waals surface area contributed by atoms with Crippen molar-refractivity contribution in [3.63, 3.8) is 0 Å². The van der Waals surface area contributed by atoms with Gasteiger partial charge in [-0.05, 0) is 54.7 Å². The van der Waals surface area contributed by atoms with Crippen molar-refractivity contribution >= 4 is 28.2 Å². The van der Waals surface area contributed by atoms with E-state index in [9.17, 15) is 15.3 Å². The van der Waals surface area contributed by atoms with Gasteiger partial charge in [-0.1, -0.05) is 54.6 Å². The zero-order chi connectivity index (χ0) is 30.6. The first-order valence-corrected chi connectivity index (χ1v) is 14.6. The molecule has 10 nitrogen and oxygen atoms in total. The van der Waals surface area contributed by atoms with Crippen LogP contribution in [0.3, 0.4) is 0 Å². The molecule has 2 aromatic heterocycles. The van der Waals surface area contributed by atoms with Crippen LogP contribution in [0.1, 0.15) is 82.6 Å². The van der Waals surface area contributed by atoms with Gasteiger partial charge in [-0.25, -0.2) is 4.68 Å². The van der Waals surface area contributed by atoms with Gasteiger partial charge in [-0.3, -0.25) is 9.78 Å². The number of carbonyl (C=O) groups excluding carboxylic acids is 1. The predicted molar refractivity (Wildman–Crippen MR) is 168 cm³/mol. The van der Waals surface area contributed by atoms with Crippen molar-refractivity contribution in [3.05, 3.63) is 113 Å². The van der Waals surface area contributed by atoms with Crippen LogP contribution in [0, 0.1) is 22.7 Å². The third kappa shape index (κ3) is 5.66. The lowest BCUT2D eigenvalue weighted by Gasteiger charge is -2.22. The summed E-state index contributed by atoms with van der Waals surface area (Å²) in [4.78, 5) is 17.0. The van der Waals surface area contributed by atoms with Crippen molar-refractivity contribution in [2.75, 3.05) is 17.7 Å². The van der Waals surface area contributed by atoms with Gasteiger partial charge in [0, 0.05) is 29.9 Å². The highest BCUT2D eigenvalue weighted by Gasteiger charge is 2.27. The Hall–Kier alpha value is -5.74. The largest absolute Gasteiger partial charge is 0.377 e. The Kier molecular flexibility index (Phi) is 7.90. The normalized spacial score (nSPS) is 13.8. The highest BCUT2D eigenvalue weighted by molar-refractivity contribution is 5.99. The summed E-state index contributed by atoms with van der Waals surface area (Å²) in [7, 11) is 1.60. The molecule has 5 aromatic rings. The van der Waals surface area contributed by atoms with Crippen LogP contribution in [0.15, 0.2) is 79.1 Å². The number of pyridine rings is 1. The van der Waals surface area contributed by atoms with E-state index in [0.29, 0.717) is 50.7 Å². The van der Waals surface area contributed by atoms with Crippen molar-refractivity contribution in [2.24, 2.45) is 0 Å². The Morgan fingerprint density at radius 3 is 2.48 bits per heavy atom. The summed E-state index contributed by atoms with van der Waals surface area (Å²) in [6.07, 6.45) is 6.36. The first kappa shape index (κ1) is 28.4. The molecule has 10 heteroatoms. The highest BCUT2D eigenvalue weighted by Crippen LogP contribution is 2.37. The fourth-order valence-corrected chi connectivity index (χ4v) is 5.43. The van der Waals surface area contributed by atoms with E-state index in [4.69, 9.17) is 0 Å². The second-order valence-electron chi connectivity index (χ2n) is 10.8. The highest BCUT2D eigenvalue weighted by atomic mass is 16.1. The second-order valence-corrected chi connectivity index (χ2v) is 10.8. The van der Waals surface area contributed by atoms with E-state index >= 15 is 0 Å². The van der Waals surface area contributed by atoms with Gasteiger partial charge in [0.1, 0.15) is 17.8 Å². The number of aromatic nitrogens is 4. The van der Waals surface area contributed by atoms with Crippen LogP contribution in [0.4, 0.5) is 11.4 Å². The molecule has 1 amide bonds. The maximum Gasteiger partial charge on any atom is 0.251 e. The summed E-state index contributed by atoms with van der Waals surface area (Å²) in [5.41, 5.74) is 5.60. The van der Waals surface area contributed by atoms with Crippen LogP contribution in [0.25, 0.3) is 10.9 Å². The van der Waals surface area contributed by atoms with Crippen molar-refractivity contribution in [3.8, 4) is 12.1 Å². The first-order chi connectivity index (χ1) is 21.5. The van der Waals surface area contributed by atoms with Gasteiger partial charge in [-0.2, -0.15) is 10.5 Å². The zero-order valence-corrected chi connectivity index (χ0v) is 24.5. The van der Waals surface area contributed by atoms with E-state index in [-0.39, 0.29) is 11.9 Å². The van der Waals surface area contributed by atoms with Gasteiger partial charge in [0.25, 0.3) is 5.91 Å². The molecule has 6 rings (SSSR count). The molecule has 1 aliphatic rings. The number of nitrogens with one attached hydrogen (secondary N) is 3. The molecule has 1 aliphatic carbocycles. The van der Waals surface area contributed by atoms with Gasteiger partial charge >= 0.3 is 0 Å².